The normalized spacial score (nSPS) is 11.2. The molecule has 88 valence electrons. The molecule has 0 spiro atoms. The van der Waals surface area contributed by atoms with Gasteiger partial charge in [0.2, 0.25) is 0 Å². The molecule has 0 aliphatic rings. The number of aryl methyl sites for hydroxylation is 1. The molecule has 1 rings (SSSR count). The van der Waals surface area contributed by atoms with Crippen LogP contribution >= 0.6 is 0 Å². The van der Waals surface area contributed by atoms with Crippen molar-refractivity contribution in [1.29, 1.82) is 0 Å². The number of nitrogens with one attached hydrogen (secondary N) is 1. The third kappa shape index (κ3) is 3.22. The number of rotatable bonds is 3. The van der Waals surface area contributed by atoms with Gasteiger partial charge in [0.05, 0.1) is 12.1 Å². The monoisotopic (exact) mass is 222 g/mol. The van der Waals surface area contributed by atoms with E-state index in [0.29, 0.717) is 5.56 Å². The van der Waals surface area contributed by atoms with Crippen LogP contribution in [-0.2, 0) is 11.8 Å². The third-order valence-electron chi connectivity index (χ3n) is 2.34. The number of carbonyl (C=O) groups excluding carboxylic acids is 2. The van der Waals surface area contributed by atoms with E-state index in [1.807, 2.05) is 27.8 Å². The molecule has 0 aliphatic heterocycles. The van der Waals surface area contributed by atoms with Crippen molar-refractivity contribution in [2.24, 2.45) is 12.5 Å². The molecule has 0 fully saturated rings. The zero-order valence-corrected chi connectivity index (χ0v) is 10.2. The molecule has 0 aromatic carbocycles. The molecular weight excluding hydrogens is 204 g/mol. The van der Waals surface area contributed by atoms with Gasteiger partial charge in [-0.3, -0.25) is 9.59 Å². The lowest BCUT2D eigenvalue weighted by Crippen LogP contribution is -2.35. The van der Waals surface area contributed by atoms with E-state index in [1.165, 1.54) is 0 Å². The molecule has 0 saturated carbocycles. The van der Waals surface area contributed by atoms with Crippen LogP contribution in [-0.4, -0.2) is 22.8 Å². The number of hydrogen-bond donors (Lipinski definition) is 1. The van der Waals surface area contributed by atoms with Crippen LogP contribution in [0.1, 0.15) is 31.1 Å². The first kappa shape index (κ1) is 12.5. The Morgan fingerprint density at radius 1 is 1.38 bits per heavy atom. The fourth-order valence-corrected chi connectivity index (χ4v) is 1.17. The number of hydrogen-bond acceptors (Lipinski definition) is 2. The fraction of sp³-hybridized carbons (Fsp3) is 0.500. The van der Waals surface area contributed by atoms with Crippen LogP contribution in [0.4, 0.5) is 0 Å². The van der Waals surface area contributed by atoms with Gasteiger partial charge in [-0.25, -0.2) is 0 Å². The van der Waals surface area contributed by atoms with Crippen LogP contribution in [0.25, 0.3) is 0 Å². The van der Waals surface area contributed by atoms with E-state index in [2.05, 4.69) is 5.32 Å². The number of aromatic nitrogens is 1. The van der Waals surface area contributed by atoms with Crippen molar-refractivity contribution in [1.82, 2.24) is 9.88 Å². The summed E-state index contributed by atoms with van der Waals surface area (Å²) in [5, 5.41) is 2.62. The highest BCUT2D eigenvalue weighted by molar-refractivity contribution is 5.97. The molecule has 16 heavy (non-hydrogen) atoms. The van der Waals surface area contributed by atoms with Crippen LogP contribution in [0.15, 0.2) is 18.5 Å². The van der Waals surface area contributed by atoms with Crippen molar-refractivity contribution >= 4 is 11.7 Å². The van der Waals surface area contributed by atoms with E-state index in [0.717, 1.165) is 0 Å². The maximum atomic E-state index is 11.6. The van der Waals surface area contributed by atoms with E-state index in [9.17, 15) is 9.59 Å². The zero-order chi connectivity index (χ0) is 12.3. The molecule has 0 bridgehead atoms. The summed E-state index contributed by atoms with van der Waals surface area (Å²) in [6.45, 7) is 5.59. The van der Waals surface area contributed by atoms with E-state index >= 15 is 0 Å². The van der Waals surface area contributed by atoms with Crippen LogP contribution in [0, 0.1) is 5.41 Å². The summed E-state index contributed by atoms with van der Waals surface area (Å²) in [4.78, 5) is 23.2. The topological polar surface area (TPSA) is 51.1 Å². The first-order chi connectivity index (χ1) is 7.30. The average Bonchev–Trinajstić information content (AvgIpc) is 2.59. The van der Waals surface area contributed by atoms with Crippen LogP contribution in [0.3, 0.4) is 0 Å². The van der Waals surface area contributed by atoms with Gasteiger partial charge in [0, 0.05) is 24.9 Å². The van der Waals surface area contributed by atoms with Gasteiger partial charge in [0.1, 0.15) is 0 Å². The quantitative estimate of drug-likeness (QED) is 0.839. The Kier molecular flexibility index (Phi) is 3.52. The Morgan fingerprint density at radius 3 is 2.44 bits per heavy atom. The summed E-state index contributed by atoms with van der Waals surface area (Å²) in [5.74, 6) is -0.185. The van der Waals surface area contributed by atoms with Crippen molar-refractivity contribution in [2.45, 2.75) is 20.8 Å². The number of carbonyl (C=O) groups is 2. The minimum absolute atomic E-state index is 0.0248. The van der Waals surface area contributed by atoms with Crippen molar-refractivity contribution < 1.29 is 9.59 Å². The lowest BCUT2D eigenvalue weighted by molar-refractivity contribution is -0.125. The average molecular weight is 222 g/mol. The van der Waals surface area contributed by atoms with Gasteiger partial charge in [-0.2, -0.15) is 0 Å². The molecule has 0 unspecified atom stereocenters. The Hall–Kier alpha value is -1.58. The summed E-state index contributed by atoms with van der Waals surface area (Å²) in [6.07, 6.45) is 3.51. The second-order valence-corrected chi connectivity index (χ2v) is 4.92. The van der Waals surface area contributed by atoms with Gasteiger partial charge in [-0.05, 0) is 6.07 Å². The molecule has 4 heteroatoms. The highest BCUT2D eigenvalue weighted by Gasteiger charge is 2.21. The van der Waals surface area contributed by atoms with Gasteiger partial charge in [0.15, 0.2) is 5.78 Å². The molecule has 4 nitrogen and oxygen atoms in total. The molecular formula is C12H18N2O2. The Morgan fingerprint density at radius 2 is 2.00 bits per heavy atom. The van der Waals surface area contributed by atoms with Gasteiger partial charge < -0.3 is 9.88 Å². The molecule has 1 heterocycles. The summed E-state index contributed by atoms with van der Waals surface area (Å²) in [6, 6.07) is 1.72. The number of amides is 1. The second-order valence-electron chi connectivity index (χ2n) is 4.92. The predicted molar refractivity (Wildman–Crippen MR) is 62.2 cm³/mol. The SMILES string of the molecule is Cn1ccc(C(=O)NCC(=O)C(C)(C)C)c1. The molecule has 1 aromatic heterocycles. The highest BCUT2D eigenvalue weighted by Crippen LogP contribution is 2.13. The van der Waals surface area contributed by atoms with Gasteiger partial charge in [-0.15, -0.1) is 0 Å². The predicted octanol–water partition coefficient (Wildman–Crippen LogP) is 1.37. The standard InChI is InChI=1S/C12H18N2O2/c1-12(2,3)10(15)7-13-11(16)9-5-6-14(4)8-9/h5-6,8H,7H2,1-4H3,(H,13,16). The van der Waals surface area contributed by atoms with Crippen molar-refractivity contribution in [2.75, 3.05) is 6.54 Å². The molecule has 0 saturated heterocycles. The van der Waals surface area contributed by atoms with Crippen LogP contribution < -0.4 is 5.32 Å². The molecule has 0 radical (unpaired) electrons. The van der Waals surface area contributed by atoms with Gasteiger partial charge in [-0.1, -0.05) is 20.8 Å². The van der Waals surface area contributed by atoms with Gasteiger partial charge >= 0.3 is 0 Å². The Labute approximate surface area is 95.6 Å². The number of Topliss-reactive ketones (excluding diaryl/α,β-unsaturated/α-hetero) is 1. The zero-order valence-electron chi connectivity index (χ0n) is 10.2. The molecule has 1 amide bonds. The third-order valence-corrected chi connectivity index (χ3v) is 2.34. The van der Waals surface area contributed by atoms with Crippen molar-refractivity contribution in [3.05, 3.63) is 24.0 Å². The summed E-state index contributed by atoms with van der Waals surface area (Å²) in [5.41, 5.74) is 0.161. The summed E-state index contributed by atoms with van der Waals surface area (Å²) in [7, 11) is 1.84. The fourth-order valence-electron chi connectivity index (χ4n) is 1.17. The van der Waals surface area contributed by atoms with E-state index < -0.39 is 5.41 Å². The van der Waals surface area contributed by atoms with Gasteiger partial charge in [0.25, 0.3) is 5.91 Å². The first-order valence-corrected chi connectivity index (χ1v) is 5.24. The van der Waals surface area contributed by atoms with E-state index in [4.69, 9.17) is 0 Å². The van der Waals surface area contributed by atoms with Crippen LogP contribution in [0.5, 0.6) is 0 Å². The highest BCUT2D eigenvalue weighted by atomic mass is 16.2. The van der Waals surface area contributed by atoms with Crippen molar-refractivity contribution in [3.63, 3.8) is 0 Å². The van der Waals surface area contributed by atoms with Crippen molar-refractivity contribution in [3.8, 4) is 0 Å². The first-order valence-electron chi connectivity index (χ1n) is 5.24. The summed E-state index contributed by atoms with van der Waals surface area (Å²) < 4.78 is 1.79. The minimum Gasteiger partial charge on any atom is -0.356 e. The molecule has 1 aromatic rings. The number of ketones is 1. The molecule has 1 N–H and O–H groups in total. The van der Waals surface area contributed by atoms with Crippen LogP contribution in [0.2, 0.25) is 0 Å². The second kappa shape index (κ2) is 4.51. The Balaban J connectivity index is 2.51. The van der Waals surface area contributed by atoms with E-state index in [1.54, 1.807) is 23.0 Å². The largest absolute Gasteiger partial charge is 0.356 e. The smallest absolute Gasteiger partial charge is 0.253 e. The maximum absolute atomic E-state index is 11.6. The maximum Gasteiger partial charge on any atom is 0.253 e. The molecule has 0 atom stereocenters. The lowest BCUT2D eigenvalue weighted by atomic mass is 9.91. The summed E-state index contributed by atoms with van der Waals surface area (Å²) >= 11 is 0. The lowest BCUT2D eigenvalue weighted by Gasteiger charge is -2.16. The Bertz CT molecular complexity index is 399. The van der Waals surface area contributed by atoms with E-state index in [-0.39, 0.29) is 18.2 Å². The number of nitrogens with zero attached hydrogens (tertiary/aromatic N) is 1. The molecule has 0 aliphatic carbocycles. The minimum atomic E-state index is -0.413.